The molecule has 0 amide bonds. The van der Waals surface area contributed by atoms with Gasteiger partial charge in [0.1, 0.15) is 11.6 Å². The first-order valence-electron chi connectivity index (χ1n) is 5.06. The van der Waals surface area contributed by atoms with Crippen molar-refractivity contribution in [3.63, 3.8) is 0 Å². The summed E-state index contributed by atoms with van der Waals surface area (Å²) in [5.74, 6) is -1.12. The Kier molecular flexibility index (Phi) is 3.41. The summed E-state index contributed by atoms with van der Waals surface area (Å²) in [6.07, 6.45) is 0. The van der Waals surface area contributed by atoms with Gasteiger partial charge in [-0.15, -0.1) is 0 Å². The Morgan fingerprint density at radius 3 is 2.53 bits per heavy atom. The number of nitrogens with two attached hydrogens (primary N) is 1. The van der Waals surface area contributed by atoms with Crippen LogP contribution in [0.3, 0.4) is 0 Å². The lowest BCUT2D eigenvalue weighted by atomic mass is 10.0. The minimum absolute atomic E-state index is 0.0277. The van der Waals surface area contributed by atoms with Crippen molar-refractivity contribution in [3.05, 3.63) is 58.6 Å². The Bertz CT molecular complexity index is 555. The number of rotatable bonds is 2. The fourth-order valence-corrected chi connectivity index (χ4v) is 1.79. The fraction of sp³-hybridized carbons (Fsp3) is 0.0769. The van der Waals surface area contributed by atoms with E-state index in [9.17, 15) is 8.78 Å². The molecule has 0 aliphatic heterocycles. The molecule has 0 unspecified atom stereocenters. The highest BCUT2D eigenvalue weighted by atomic mass is 35.5. The normalized spacial score (nSPS) is 10.6. The van der Waals surface area contributed by atoms with Gasteiger partial charge in [0.25, 0.3) is 0 Å². The van der Waals surface area contributed by atoms with E-state index in [4.69, 9.17) is 17.3 Å². The lowest BCUT2D eigenvalue weighted by molar-refractivity contribution is 0.616. The topological polar surface area (TPSA) is 26.0 Å². The van der Waals surface area contributed by atoms with Gasteiger partial charge in [-0.2, -0.15) is 0 Å². The maximum atomic E-state index is 13.8. The summed E-state index contributed by atoms with van der Waals surface area (Å²) < 4.78 is 27.4. The van der Waals surface area contributed by atoms with Gasteiger partial charge < -0.3 is 5.73 Å². The van der Waals surface area contributed by atoms with Crippen LogP contribution in [0.5, 0.6) is 0 Å². The van der Waals surface area contributed by atoms with Crippen molar-refractivity contribution in [2.24, 2.45) is 5.73 Å². The molecule has 2 N–H and O–H groups in total. The first-order chi connectivity index (χ1) is 8.13. The monoisotopic (exact) mass is 253 g/mol. The van der Waals surface area contributed by atoms with Crippen molar-refractivity contribution in [1.29, 1.82) is 0 Å². The van der Waals surface area contributed by atoms with Crippen molar-refractivity contribution in [2.45, 2.75) is 6.54 Å². The van der Waals surface area contributed by atoms with Gasteiger partial charge in [-0.3, -0.25) is 0 Å². The van der Waals surface area contributed by atoms with Crippen LogP contribution in [-0.4, -0.2) is 0 Å². The van der Waals surface area contributed by atoms with E-state index >= 15 is 0 Å². The minimum atomic E-state index is -0.623. The molecule has 4 heteroatoms. The Morgan fingerprint density at radius 2 is 1.82 bits per heavy atom. The van der Waals surface area contributed by atoms with Crippen molar-refractivity contribution < 1.29 is 8.78 Å². The molecule has 0 heterocycles. The van der Waals surface area contributed by atoms with E-state index in [1.165, 1.54) is 24.3 Å². The number of halogens is 3. The van der Waals surface area contributed by atoms with Gasteiger partial charge in [-0.1, -0.05) is 29.8 Å². The second kappa shape index (κ2) is 4.82. The average Bonchev–Trinajstić information content (AvgIpc) is 2.34. The van der Waals surface area contributed by atoms with Gasteiger partial charge in [-0.25, -0.2) is 8.78 Å². The lowest BCUT2D eigenvalue weighted by Crippen LogP contribution is -1.98. The smallest absolute Gasteiger partial charge is 0.149 e. The van der Waals surface area contributed by atoms with Crippen molar-refractivity contribution >= 4 is 11.6 Å². The van der Waals surface area contributed by atoms with E-state index < -0.39 is 11.6 Å². The van der Waals surface area contributed by atoms with E-state index in [1.54, 1.807) is 12.1 Å². The predicted molar refractivity (Wildman–Crippen MR) is 64.7 cm³/mol. The zero-order valence-electron chi connectivity index (χ0n) is 8.88. The van der Waals surface area contributed by atoms with Crippen LogP contribution in [0, 0.1) is 11.6 Å². The average molecular weight is 254 g/mol. The number of hydrogen-bond acceptors (Lipinski definition) is 1. The molecule has 0 fully saturated rings. The van der Waals surface area contributed by atoms with E-state index in [0.29, 0.717) is 0 Å². The molecule has 2 rings (SSSR count). The zero-order valence-corrected chi connectivity index (χ0v) is 9.64. The van der Waals surface area contributed by atoms with Crippen LogP contribution >= 0.6 is 11.6 Å². The molecule has 1 nitrogen and oxygen atoms in total. The molecular formula is C13H10ClF2N. The first-order valence-corrected chi connectivity index (χ1v) is 5.44. The van der Waals surface area contributed by atoms with Gasteiger partial charge in [0.15, 0.2) is 0 Å². The number of hydrogen-bond donors (Lipinski definition) is 1. The van der Waals surface area contributed by atoms with Crippen LogP contribution in [0.1, 0.15) is 5.56 Å². The van der Waals surface area contributed by atoms with Gasteiger partial charge >= 0.3 is 0 Å². The summed E-state index contributed by atoms with van der Waals surface area (Å²) in [6, 6.07) is 8.86. The highest BCUT2D eigenvalue weighted by molar-refractivity contribution is 6.31. The maximum absolute atomic E-state index is 13.8. The Morgan fingerprint density at radius 1 is 1.06 bits per heavy atom. The fourth-order valence-electron chi connectivity index (χ4n) is 1.62. The Balaban J connectivity index is 2.63. The van der Waals surface area contributed by atoms with Gasteiger partial charge in [-0.05, 0) is 23.8 Å². The minimum Gasteiger partial charge on any atom is -0.326 e. The van der Waals surface area contributed by atoms with Crippen molar-refractivity contribution in [2.75, 3.05) is 0 Å². The quantitative estimate of drug-likeness (QED) is 0.867. The molecule has 0 atom stereocenters. The van der Waals surface area contributed by atoms with Crippen LogP contribution in [0.15, 0.2) is 36.4 Å². The summed E-state index contributed by atoms with van der Waals surface area (Å²) in [5.41, 5.74) is 6.53. The van der Waals surface area contributed by atoms with Crippen LogP contribution in [0.2, 0.25) is 5.02 Å². The Hall–Kier alpha value is -1.45. The third-order valence-corrected chi connectivity index (χ3v) is 2.80. The maximum Gasteiger partial charge on any atom is 0.149 e. The molecular weight excluding hydrogens is 244 g/mol. The molecule has 88 valence electrons. The second-order valence-electron chi connectivity index (χ2n) is 3.62. The summed E-state index contributed by atoms with van der Waals surface area (Å²) >= 11 is 5.67. The SMILES string of the molecule is NCc1ccc(F)c(-c2cccc(Cl)c2F)c1. The third kappa shape index (κ3) is 2.30. The summed E-state index contributed by atoms with van der Waals surface area (Å²) in [5, 5.41) is -0.0277. The second-order valence-corrected chi connectivity index (χ2v) is 4.03. The van der Waals surface area contributed by atoms with E-state index in [-0.39, 0.29) is 22.7 Å². The van der Waals surface area contributed by atoms with Crippen LogP contribution < -0.4 is 5.73 Å². The molecule has 0 bridgehead atoms. The highest BCUT2D eigenvalue weighted by Gasteiger charge is 2.12. The molecule has 2 aromatic rings. The van der Waals surface area contributed by atoms with Crippen molar-refractivity contribution in [3.8, 4) is 11.1 Å². The molecule has 0 radical (unpaired) electrons. The van der Waals surface area contributed by atoms with Gasteiger partial charge in [0, 0.05) is 17.7 Å². The lowest BCUT2D eigenvalue weighted by Gasteiger charge is -2.08. The van der Waals surface area contributed by atoms with Crippen molar-refractivity contribution in [1.82, 2.24) is 0 Å². The van der Waals surface area contributed by atoms with Gasteiger partial charge in [0.2, 0.25) is 0 Å². The molecule has 0 aliphatic rings. The van der Waals surface area contributed by atoms with E-state index in [0.717, 1.165) is 5.56 Å². The predicted octanol–water partition coefficient (Wildman–Crippen LogP) is 3.74. The largest absolute Gasteiger partial charge is 0.326 e. The molecule has 0 aromatic heterocycles. The third-order valence-electron chi connectivity index (χ3n) is 2.51. The molecule has 0 spiro atoms. The van der Waals surface area contributed by atoms with Crippen LogP contribution in [0.25, 0.3) is 11.1 Å². The Labute approximate surface area is 103 Å². The molecule has 17 heavy (non-hydrogen) atoms. The molecule has 0 saturated heterocycles. The standard InChI is InChI=1S/C13H10ClF2N/c14-11-3-1-2-9(13(11)16)10-6-8(7-17)4-5-12(10)15/h1-6H,7,17H2. The summed E-state index contributed by atoms with van der Waals surface area (Å²) in [7, 11) is 0. The molecule has 2 aromatic carbocycles. The van der Waals surface area contributed by atoms with Gasteiger partial charge in [0.05, 0.1) is 5.02 Å². The van der Waals surface area contributed by atoms with E-state index in [2.05, 4.69) is 0 Å². The van der Waals surface area contributed by atoms with E-state index in [1.807, 2.05) is 0 Å². The number of benzene rings is 2. The summed E-state index contributed by atoms with van der Waals surface area (Å²) in [4.78, 5) is 0. The first kappa shape index (κ1) is 12.0. The van der Waals surface area contributed by atoms with Crippen LogP contribution in [0.4, 0.5) is 8.78 Å². The van der Waals surface area contributed by atoms with Crippen LogP contribution in [-0.2, 0) is 6.54 Å². The zero-order chi connectivity index (χ0) is 12.4. The molecule has 0 aliphatic carbocycles. The molecule has 0 saturated carbocycles. The highest BCUT2D eigenvalue weighted by Crippen LogP contribution is 2.30. The summed E-state index contributed by atoms with van der Waals surface area (Å²) in [6.45, 7) is 0.273.